The molecule has 3 fully saturated rings. The first-order valence-electron chi connectivity index (χ1n) is 8.06. The number of nitrogens with zero attached hydrogens (tertiary/aromatic N) is 3. The first kappa shape index (κ1) is 13.0. The van der Waals surface area contributed by atoms with Gasteiger partial charge >= 0.3 is 0 Å². The summed E-state index contributed by atoms with van der Waals surface area (Å²) in [6.07, 6.45) is 6.11. The maximum atomic E-state index is 12.4. The minimum absolute atomic E-state index is 0.0481. The molecule has 5 heteroatoms. The van der Waals surface area contributed by atoms with E-state index in [2.05, 4.69) is 5.10 Å². The van der Waals surface area contributed by atoms with Crippen molar-refractivity contribution in [1.29, 1.82) is 0 Å². The van der Waals surface area contributed by atoms with Crippen LogP contribution in [0.25, 0.3) is 0 Å². The lowest BCUT2D eigenvalue weighted by atomic mass is 10.0. The lowest BCUT2D eigenvalue weighted by Gasteiger charge is -2.17. The second-order valence-electron chi connectivity index (χ2n) is 6.78. The fourth-order valence-corrected chi connectivity index (χ4v) is 3.84. The van der Waals surface area contributed by atoms with E-state index in [0.717, 1.165) is 31.6 Å². The van der Waals surface area contributed by atoms with Gasteiger partial charge in [0.2, 0.25) is 5.91 Å². The number of amides is 1. The fourth-order valence-electron chi connectivity index (χ4n) is 3.84. The van der Waals surface area contributed by atoms with E-state index in [4.69, 9.17) is 0 Å². The Labute approximate surface area is 123 Å². The molecule has 1 aromatic rings. The summed E-state index contributed by atoms with van der Waals surface area (Å²) in [5, 5.41) is 4.37. The van der Waals surface area contributed by atoms with Crippen LogP contribution in [0.15, 0.2) is 16.9 Å². The Morgan fingerprint density at radius 1 is 1.14 bits per heavy atom. The molecule has 1 aromatic heterocycles. The highest BCUT2D eigenvalue weighted by atomic mass is 16.2. The minimum atomic E-state index is -0.174. The van der Waals surface area contributed by atoms with Crippen LogP contribution in [0.5, 0.6) is 0 Å². The number of fused-ring (bicyclic) bond motifs is 1. The summed E-state index contributed by atoms with van der Waals surface area (Å²) in [5.74, 6) is 1.93. The Kier molecular flexibility index (Phi) is 3.08. The molecular weight excluding hydrogens is 266 g/mol. The molecule has 0 bridgehead atoms. The minimum Gasteiger partial charge on any atom is -0.341 e. The number of hydrogen-bond donors (Lipinski definition) is 0. The molecule has 0 aromatic carbocycles. The molecule has 1 amide bonds. The molecule has 0 unspecified atom stereocenters. The van der Waals surface area contributed by atoms with Crippen molar-refractivity contribution in [2.24, 2.45) is 11.8 Å². The van der Waals surface area contributed by atoms with Crippen LogP contribution in [-0.2, 0) is 11.3 Å². The second kappa shape index (κ2) is 4.97. The van der Waals surface area contributed by atoms with Gasteiger partial charge in [0.1, 0.15) is 6.54 Å². The van der Waals surface area contributed by atoms with E-state index in [-0.39, 0.29) is 18.0 Å². The lowest BCUT2D eigenvalue weighted by molar-refractivity contribution is -0.131. The highest BCUT2D eigenvalue weighted by molar-refractivity contribution is 5.76. The first-order chi connectivity index (χ1) is 10.2. The summed E-state index contributed by atoms with van der Waals surface area (Å²) in [6.45, 7) is 1.85. The lowest BCUT2D eigenvalue weighted by Crippen LogP contribution is -2.36. The van der Waals surface area contributed by atoms with Gasteiger partial charge in [-0.2, -0.15) is 5.10 Å². The molecule has 0 radical (unpaired) electrons. The third-order valence-corrected chi connectivity index (χ3v) is 5.25. The maximum Gasteiger partial charge on any atom is 0.267 e. The number of carbonyl (C=O) groups excluding carboxylic acids is 1. The third kappa shape index (κ3) is 2.49. The Bertz CT molecular complexity index is 608. The van der Waals surface area contributed by atoms with Crippen LogP contribution >= 0.6 is 0 Å². The van der Waals surface area contributed by atoms with Gasteiger partial charge in [0.25, 0.3) is 5.56 Å². The molecule has 2 atom stereocenters. The number of likely N-dealkylation sites (tertiary alicyclic amines) is 1. The summed E-state index contributed by atoms with van der Waals surface area (Å²) < 4.78 is 1.35. The van der Waals surface area contributed by atoms with Crippen LogP contribution in [0.3, 0.4) is 0 Å². The van der Waals surface area contributed by atoms with Crippen molar-refractivity contribution in [3.8, 4) is 0 Å². The summed E-state index contributed by atoms with van der Waals surface area (Å²) in [7, 11) is 0. The molecule has 1 aliphatic heterocycles. The molecule has 4 rings (SSSR count). The van der Waals surface area contributed by atoms with E-state index in [1.165, 1.54) is 23.9 Å². The Balaban J connectivity index is 1.47. The molecule has 0 N–H and O–H groups in total. The van der Waals surface area contributed by atoms with Crippen molar-refractivity contribution < 1.29 is 4.79 Å². The summed E-state index contributed by atoms with van der Waals surface area (Å²) in [4.78, 5) is 26.2. The van der Waals surface area contributed by atoms with E-state index in [1.807, 2.05) is 4.90 Å². The highest BCUT2D eigenvalue weighted by Crippen LogP contribution is 2.39. The van der Waals surface area contributed by atoms with E-state index >= 15 is 0 Å². The van der Waals surface area contributed by atoms with Gasteiger partial charge < -0.3 is 4.90 Å². The van der Waals surface area contributed by atoms with Crippen LogP contribution in [-0.4, -0.2) is 33.7 Å². The monoisotopic (exact) mass is 287 g/mol. The van der Waals surface area contributed by atoms with Gasteiger partial charge in [0, 0.05) is 25.1 Å². The fraction of sp³-hybridized carbons (Fsp3) is 0.688. The number of hydrogen-bond acceptors (Lipinski definition) is 3. The topological polar surface area (TPSA) is 55.2 Å². The van der Waals surface area contributed by atoms with Gasteiger partial charge in [-0.05, 0) is 43.6 Å². The molecule has 112 valence electrons. The van der Waals surface area contributed by atoms with Crippen molar-refractivity contribution >= 4 is 5.91 Å². The van der Waals surface area contributed by atoms with Crippen molar-refractivity contribution in [3.05, 3.63) is 28.2 Å². The van der Waals surface area contributed by atoms with Gasteiger partial charge in [0.05, 0.1) is 5.69 Å². The predicted molar refractivity (Wildman–Crippen MR) is 77.9 cm³/mol. The Hall–Kier alpha value is -1.65. The molecule has 5 nitrogen and oxygen atoms in total. The molecular formula is C16H21N3O2. The quantitative estimate of drug-likeness (QED) is 0.844. The number of aromatic nitrogens is 2. The van der Waals surface area contributed by atoms with Crippen LogP contribution in [0.2, 0.25) is 0 Å². The van der Waals surface area contributed by atoms with Crippen molar-refractivity contribution in [1.82, 2.24) is 14.7 Å². The Morgan fingerprint density at radius 2 is 1.86 bits per heavy atom. The predicted octanol–water partition coefficient (Wildman–Crippen LogP) is 1.38. The molecule has 0 spiro atoms. The summed E-state index contributed by atoms with van der Waals surface area (Å²) >= 11 is 0. The van der Waals surface area contributed by atoms with Gasteiger partial charge in [-0.3, -0.25) is 9.59 Å². The van der Waals surface area contributed by atoms with Crippen LogP contribution in [0.1, 0.15) is 43.7 Å². The van der Waals surface area contributed by atoms with Crippen LogP contribution < -0.4 is 5.56 Å². The zero-order valence-corrected chi connectivity index (χ0v) is 12.2. The zero-order valence-electron chi connectivity index (χ0n) is 12.2. The number of carbonyl (C=O) groups is 1. The average Bonchev–Trinajstić information content (AvgIpc) is 3.08. The van der Waals surface area contributed by atoms with Gasteiger partial charge in [-0.15, -0.1) is 0 Å². The normalized spacial score (nSPS) is 27.9. The standard InChI is InChI=1S/C16H21N3O2/c20-15-7-6-14(11-4-5-11)17-19(15)10-16(21)18-8-12-2-1-3-13(12)9-18/h6-7,11-13H,1-5,8-10H2/t12-,13-/m0/s1. The average molecular weight is 287 g/mol. The van der Waals surface area contributed by atoms with E-state index in [0.29, 0.717) is 17.8 Å². The van der Waals surface area contributed by atoms with Gasteiger partial charge in [-0.1, -0.05) is 6.42 Å². The third-order valence-electron chi connectivity index (χ3n) is 5.25. The smallest absolute Gasteiger partial charge is 0.267 e. The van der Waals surface area contributed by atoms with Crippen LogP contribution in [0.4, 0.5) is 0 Å². The van der Waals surface area contributed by atoms with Crippen molar-refractivity contribution in [2.75, 3.05) is 13.1 Å². The maximum absolute atomic E-state index is 12.4. The molecule has 21 heavy (non-hydrogen) atoms. The molecule has 2 aliphatic carbocycles. The second-order valence-corrected chi connectivity index (χ2v) is 6.78. The van der Waals surface area contributed by atoms with E-state index < -0.39 is 0 Å². The van der Waals surface area contributed by atoms with Crippen LogP contribution in [0, 0.1) is 11.8 Å². The highest BCUT2D eigenvalue weighted by Gasteiger charge is 2.38. The molecule has 2 saturated carbocycles. The molecule has 1 saturated heterocycles. The Morgan fingerprint density at radius 3 is 2.52 bits per heavy atom. The van der Waals surface area contributed by atoms with Crippen molar-refractivity contribution in [2.45, 2.75) is 44.6 Å². The number of rotatable bonds is 3. The van der Waals surface area contributed by atoms with E-state index in [1.54, 1.807) is 12.1 Å². The largest absolute Gasteiger partial charge is 0.341 e. The summed E-state index contributed by atoms with van der Waals surface area (Å²) in [5.41, 5.74) is 0.785. The van der Waals surface area contributed by atoms with E-state index in [9.17, 15) is 9.59 Å². The summed E-state index contributed by atoms with van der Waals surface area (Å²) in [6, 6.07) is 3.36. The zero-order chi connectivity index (χ0) is 14.4. The van der Waals surface area contributed by atoms with Gasteiger partial charge in [-0.25, -0.2) is 4.68 Å². The molecule has 2 heterocycles. The van der Waals surface area contributed by atoms with Gasteiger partial charge in [0.15, 0.2) is 0 Å². The first-order valence-corrected chi connectivity index (χ1v) is 8.06. The SMILES string of the molecule is O=C(Cn1nc(C2CC2)ccc1=O)N1C[C@@H]2CCC[C@H]2C1. The van der Waals surface area contributed by atoms with Crippen molar-refractivity contribution in [3.63, 3.8) is 0 Å². The molecule has 3 aliphatic rings.